The molecule has 1 aromatic carbocycles. The monoisotopic (exact) mass is 263 g/mol. The van der Waals surface area contributed by atoms with Crippen molar-refractivity contribution in [2.24, 2.45) is 0 Å². The van der Waals surface area contributed by atoms with E-state index in [1.54, 1.807) is 11.9 Å². The molecule has 106 valence electrons. The number of unbranched alkanes of at least 4 members (excludes halogenated alkanes) is 2. The van der Waals surface area contributed by atoms with Gasteiger partial charge >= 0.3 is 0 Å². The van der Waals surface area contributed by atoms with Crippen molar-refractivity contribution in [1.29, 1.82) is 0 Å². The molecule has 0 saturated heterocycles. The van der Waals surface area contributed by atoms with Crippen LogP contribution in [0, 0.1) is 0 Å². The Balaban J connectivity index is 2.56. The van der Waals surface area contributed by atoms with Crippen LogP contribution in [0.3, 0.4) is 0 Å². The predicted molar refractivity (Wildman–Crippen MR) is 77.8 cm³/mol. The Morgan fingerprint density at radius 2 is 1.89 bits per heavy atom. The molecule has 1 rings (SSSR count). The fourth-order valence-corrected chi connectivity index (χ4v) is 2.07. The fraction of sp³-hybridized carbons (Fsp3) is 0.562. The Labute approximate surface area is 116 Å². The zero-order valence-electron chi connectivity index (χ0n) is 12.2. The van der Waals surface area contributed by atoms with E-state index < -0.39 is 6.10 Å². The summed E-state index contributed by atoms with van der Waals surface area (Å²) in [7, 11) is 1.77. The summed E-state index contributed by atoms with van der Waals surface area (Å²) in [5.41, 5.74) is 0.850. The molecule has 0 radical (unpaired) electrons. The van der Waals surface area contributed by atoms with E-state index in [9.17, 15) is 9.90 Å². The van der Waals surface area contributed by atoms with E-state index in [0.29, 0.717) is 6.42 Å². The average Bonchev–Trinajstić information content (AvgIpc) is 2.46. The SMILES string of the molecule is CCCCCC(=O)N(C)[C@@H](C)[C@H](O)c1ccccc1. The van der Waals surface area contributed by atoms with Crippen LogP contribution in [0.15, 0.2) is 30.3 Å². The molecule has 0 aromatic heterocycles. The minimum Gasteiger partial charge on any atom is -0.386 e. The fourth-order valence-electron chi connectivity index (χ4n) is 2.07. The van der Waals surface area contributed by atoms with Crippen molar-refractivity contribution in [2.45, 2.75) is 51.7 Å². The molecule has 2 atom stereocenters. The lowest BCUT2D eigenvalue weighted by atomic mass is 10.0. The molecule has 0 aliphatic heterocycles. The number of amides is 1. The number of benzene rings is 1. The first-order valence-electron chi connectivity index (χ1n) is 7.06. The van der Waals surface area contributed by atoms with Gasteiger partial charge in [0, 0.05) is 13.5 Å². The summed E-state index contributed by atoms with van der Waals surface area (Å²) in [6.07, 6.45) is 3.04. The van der Waals surface area contributed by atoms with Gasteiger partial charge in [-0.1, -0.05) is 50.1 Å². The molecule has 0 saturated carbocycles. The summed E-state index contributed by atoms with van der Waals surface area (Å²) in [4.78, 5) is 13.7. The van der Waals surface area contributed by atoms with Crippen LogP contribution in [0.2, 0.25) is 0 Å². The Morgan fingerprint density at radius 1 is 1.26 bits per heavy atom. The van der Waals surface area contributed by atoms with Gasteiger partial charge in [0.1, 0.15) is 0 Å². The number of carbonyl (C=O) groups is 1. The van der Waals surface area contributed by atoms with Crippen molar-refractivity contribution in [3.63, 3.8) is 0 Å². The van der Waals surface area contributed by atoms with Crippen molar-refractivity contribution in [3.05, 3.63) is 35.9 Å². The summed E-state index contributed by atoms with van der Waals surface area (Å²) in [5, 5.41) is 10.3. The molecule has 3 heteroatoms. The van der Waals surface area contributed by atoms with Gasteiger partial charge in [-0.05, 0) is 18.9 Å². The van der Waals surface area contributed by atoms with Crippen molar-refractivity contribution in [2.75, 3.05) is 7.05 Å². The molecule has 0 spiro atoms. The van der Waals surface area contributed by atoms with Crippen molar-refractivity contribution >= 4 is 5.91 Å². The average molecular weight is 263 g/mol. The standard InChI is InChI=1S/C16H25NO2/c1-4-5-7-12-15(18)17(3)13(2)16(19)14-10-8-6-9-11-14/h6,8-11,13,16,19H,4-5,7,12H2,1-3H3/t13-,16-/m0/s1. The third-order valence-corrected chi connectivity index (χ3v) is 3.60. The maximum absolute atomic E-state index is 12.0. The Kier molecular flexibility index (Phi) is 6.57. The van der Waals surface area contributed by atoms with Crippen LogP contribution in [0.5, 0.6) is 0 Å². The van der Waals surface area contributed by atoms with Gasteiger partial charge in [-0.3, -0.25) is 4.79 Å². The molecule has 1 amide bonds. The second-order valence-electron chi connectivity index (χ2n) is 5.06. The van der Waals surface area contributed by atoms with Gasteiger partial charge in [-0.25, -0.2) is 0 Å². The van der Waals surface area contributed by atoms with Crippen LogP contribution in [0.4, 0.5) is 0 Å². The summed E-state index contributed by atoms with van der Waals surface area (Å²) in [5.74, 6) is 0.107. The molecule has 0 aliphatic rings. The lowest BCUT2D eigenvalue weighted by Crippen LogP contribution is -2.38. The first-order valence-corrected chi connectivity index (χ1v) is 7.06. The number of carbonyl (C=O) groups excluding carboxylic acids is 1. The summed E-state index contributed by atoms with van der Waals surface area (Å²) < 4.78 is 0. The van der Waals surface area contributed by atoms with Crippen LogP contribution in [-0.2, 0) is 4.79 Å². The van der Waals surface area contributed by atoms with Gasteiger partial charge in [0.15, 0.2) is 0 Å². The van der Waals surface area contributed by atoms with E-state index >= 15 is 0 Å². The quantitative estimate of drug-likeness (QED) is 0.768. The van der Waals surface area contributed by atoms with Crippen molar-refractivity contribution in [1.82, 2.24) is 4.90 Å². The zero-order chi connectivity index (χ0) is 14.3. The van der Waals surface area contributed by atoms with Gasteiger partial charge in [0.05, 0.1) is 12.1 Å². The number of likely N-dealkylation sites (N-methyl/N-ethyl adjacent to an activating group) is 1. The molecule has 0 unspecified atom stereocenters. The molecule has 1 N–H and O–H groups in total. The molecular weight excluding hydrogens is 238 g/mol. The highest BCUT2D eigenvalue weighted by Crippen LogP contribution is 2.20. The number of hydrogen-bond acceptors (Lipinski definition) is 2. The van der Waals surface area contributed by atoms with E-state index in [2.05, 4.69) is 6.92 Å². The minimum absolute atomic E-state index is 0.107. The van der Waals surface area contributed by atoms with E-state index in [1.807, 2.05) is 37.3 Å². The number of rotatable bonds is 7. The zero-order valence-corrected chi connectivity index (χ0v) is 12.2. The second-order valence-corrected chi connectivity index (χ2v) is 5.06. The predicted octanol–water partition coefficient (Wildman–Crippen LogP) is 3.15. The number of nitrogens with zero attached hydrogens (tertiary/aromatic N) is 1. The molecule has 0 fully saturated rings. The molecule has 0 aliphatic carbocycles. The third kappa shape index (κ3) is 4.67. The van der Waals surface area contributed by atoms with Crippen molar-refractivity contribution in [3.8, 4) is 0 Å². The number of hydrogen-bond donors (Lipinski definition) is 1. The molecule has 1 aromatic rings. The molecule has 3 nitrogen and oxygen atoms in total. The highest BCUT2D eigenvalue weighted by Gasteiger charge is 2.23. The number of aliphatic hydroxyl groups excluding tert-OH is 1. The maximum Gasteiger partial charge on any atom is 0.222 e. The van der Waals surface area contributed by atoms with E-state index in [-0.39, 0.29) is 11.9 Å². The number of aliphatic hydroxyl groups is 1. The van der Waals surface area contributed by atoms with Crippen LogP contribution in [0.1, 0.15) is 51.2 Å². The smallest absolute Gasteiger partial charge is 0.222 e. The van der Waals surface area contributed by atoms with E-state index in [1.165, 1.54) is 0 Å². The van der Waals surface area contributed by atoms with Gasteiger partial charge in [0.25, 0.3) is 0 Å². The van der Waals surface area contributed by atoms with Crippen LogP contribution in [-0.4, -0.2) is 29.0 Å². The Hall–Kier alpha value is -1.35. The Bertz CT molecular complexity index is 378. The molecule has 0 heterocycles. The first-order chi connectivity index (χ1) is 9.07. The third-order valence-electron chi connectivity index (χ3n) is 3.60. The minimum atomic E-state index is -0.638. The topological polar surface area (TPSA) is 40.5 Å². The summed E-state index contributed by atoms with van der Waals surface area (Å²) >= 11 is 0. The van der Waals surface area contributed by atoms with E-state index in [0.717, 1.165) is 24.8 Å². The molecular formula is C16H25NO2. The van der Waals surface area contributed by atoms with Gasteiger partial charge < -0.3 is 10.0 Å². The molecule has 19 heavy (non-hydrogen) atoms. The first kappa shape index (κ1) is 15.7. The maximum atomic E-state index is 12.0. The Morgan fingerprint density at radius 3 is 2.47 bits per heavy atom. The van der Waals surface area contributed by atoms with E-state index in [4.69, 9.17) is 0 Å². The van der Waals surface area contributed by atoms with Gasteiger partial charge in [-0.15, -0.1) is 0 Å². The normalized spacial score (nSPS) is 13.9. The van der Waals surface area contributed by atoms with Crippen molar-refractivity contribution < 1.29 is 9.90 Å². The van der Waals surface area contributed by atoms with Crippen LogP contribution >= 0.6 is 0 Å². The van der Waals surface area contributed by atoms with Gasteiger partial charge in [0.2, 0.25) is 5.91 Å². The highest BCUT2D eigenvalue weighted by molar-refractivity contribution is 5.76. The van der Waals surface area contributed by atoms with Crippen LogP contribution < -0.4 is 0 Å². The molecule has 0 bridgehead atoms. The van der Waals surface area contributed by atoms with Crippen LogP contribution in [0.25, 0.3) is 0 Å². The highest BCUT2D eigenvalue weighted by atomic mass is 16.3. The summed E-state index contributed by atoms with van der Waals surface area (Å²) in [6, 6.07) is 9.27. The second kappa shape index (κ2) is 7.95. The van der Waals surface area contributed by atoms with Gasteiger partial charge in [-0.2, -0.15) is 0 Å². The lowest BCUT2D eigenvalue weighted by molar-refractivity contribution is -0.134. The largest absolute Gasteiger partial charge is 0.386 e. The lowest BCUT2D eigenvalue weighted by Gasteiger charge is -2.29. The summed E-state index contributed by atoms with van der Waals surface area (Å²) in [6.45, 7) is 4.01.